The predicted molar refractivity (Wildman–Crippen MR) is 146 cm³/mol. The van der Waals surface area contributed by atoms with E-state index in [4.69, 9.17) is 10.8 Å². The van der Waals surface area contributed by atoms with Gasteiger partial charge in [0.2, 0.25) is 5.91 Å². The number of aromatic nitrogens is 3. The van der Waals surface area contributed by atoms with E-state index in [9.17, 15) is 14.7 Å². The van der Waals surface area contributed by atoms with Gasteiger partial charge in [-0.3, -0.25) is 9.59 Å². The third-order valence-electron chi connectivity index (χ3n) is 8.09. The van der Waals surface area contributed by atoms with Gasteiger partial charge < -0.3 is 20.6 Å². The van der Waals surface area contributed by atoms with Gasteiger partial charge in [0.25, 0.3) is 5.91 Å². The standard InChI is InChI=1S/C28H29BrN6O3/c1-2-26(37)33-10-8-20-27-22(35(32-20)21-7-6-17(12-24(21)36)16-4-3-5-16)9-11-34(23(27)15-33)28(38)18-14-31-25(29)13-19(18)30/h2,6-7,12-14,16,23,36H,1,3-5,8-11,15H2,(H2,30,31)/t23-/m0/s1. The van der Waals surface area contributed by atoms with Gasteiger partial charge in [-0.05, 0) is 64.5 Å². The van der Waals surface area contributed by atoms with Crippen molar-refractivity contribution in [2.75, 3.05) is 25.4 Å². The molecule has 1 atom stereocenters. The quantitative estimate of drug-likeness (QED) is 0.359. The predicted octanol–water partition coefficient (Wildman–Crippen LogP) is 3.90. The number of hydrogen-bond donors (Lipinski definition) is 2. The maximum absolute atomic E-state index is 13.8. The molecular weight excluding hydrogens is 548 g/mol. The van der Waals surface area contributed by atoms with Crippen LogP contribution in [0.1, 0.15) is 64.1 Å². The molecule has 1 aromatic carbocycles. The fraction of sp³-hybridized carbons (Fsp3) is 0.357. The van der Waals surface area contributed by atoms with Crippen LogP contribution in [0.15, 0.2) is 47.7 Å². The molecule has 3 aromatic rings. The molecule has 0 spiro atoms. The maximum atomic E-state index is 13.8. The summed E-state index contributed by atoms with van der Waals surface area (Å²) in [6, 6.07) is 7.09. The molecule has 10 heteroatoms. The zero-order valence-electron chi connectivity index (χ0n) is 20.9. The number of aromatic hydroxyl groups is 1. The van der Waals surface area contributed by atoms with Crippen LogP contribution in [-0.4, -0.2) is 61.1 Å². The van der Waals surface area contributed by atoms with Crippen LogP contribution in [0.3, 0.4) is 0 Å². The lowest BCUT2D eigenvalue weighted by molar-refractivity contribution is -0.126. The van der Waals surface area contributed by atoms with E-state index >= 15 is 0 Å². The minimum atomic E-state index is -0.416. The molecule has 196 valence electrons. The number of amides is 2. The van der Waals surface area contributed by atoms with Crippen LogP contribution >= 0.6 is 15.9 Å². The molecular formula is C28H29BrN6O3. The highest BCUT2D eigenvalue weighted by molar-refractivity contribution is 9.10. The number of phenols is 1. The van der Waals surface area contributed by atoms with Crippen LogP contribution in [0.4, 0.5) is 5.69 Å². The number of halogens is 1. The minimum Gasteiger partial charge on any atom is -0.506 e. The molecule has 1 fully saturated rings. The van der Waals surface area contributed by atoms with Crippen molar-refractivity contribution in [1.29, 1.82) is 0 Å². The topological polar surface area (TPSA) is 118 Å². The molecule has 4 heterocycles. The summed E-state index contributed by atoms with van der Waals surface area (Å²) in [4.78, 5) is 34.1. The second-order valence-corrected chi connectivity index (χ2v) is 11.0. The molecule has 6 rings (SSSR count). The van der Waals surface area contributed by atoms with Gasteiger partial charge in [0, 0.05) is 49.9 Å². The lowest BCUT2D eigenvalue weighted by atomic mass is 9.80. The fourth-order valence-electron chi connectivity index (χ4n) is 5.86. The SMILES string of the molecule is C=CC(=O)N1CCc2nn(-c3ccc(C4CCC4)cc3O)c3c2[C@H](C1)N(C(=O)c1cnc(Br)cc1N)CC3. The molecule has 1 aliphatic carbocycles. The second-order valence-electron chi connectivity index (χ2n) is 10.2. The molecule has 0 radical (unpaired) electrons. The summed E-state index contributed by atoms with van der Waals surface area (Å²) in [6.45, 7) is 4.84. The van der Waals surface area contributed by atoms with E-state index in [1.807, 2.05) is 16.8 Å². The van der Waals surface area contributed by atoms with Crippen molar-refractivity contribution in [3.63, 3.8) is 0 Å². The number of phenolic OH excluding ortho intramolecular Hbond substituents is 1. The Balaban J connectivity index is 1.42. The number of carbonyl (C=O) groups is 2. The Bertz CT molecular complexity index is 1460. The lowest BCUT2D eigenvalue weighted by Crippen LogP contribution is -2.46. The first kappa shape index (κ1) is 24.7. The number of nitrogen functional groups attached to an aromatic ring is 1. The van der Waals surface area contributed by atoms with E-state index in [0.717, 1.165) is 35.4 Å². The Labute approximate surface area is 229 Å². The minimum absolute atomic E-state index is 0.184. The van der Waals surface area contributed by atoms with Gasteiger partial charge in [-0.2, -0.15) is 5.10 Å². The molecule has 38 heavy (non-hydrogen) atoms. The largest absolute Gasteiger partial charge is 0.506 e. The zero-order valence-corrected chi connectivity index (χ0v) is 22.5. The van der Waals surface area contributed by atoms with Gasteiger partial charge in [-0.25, -0.2) is 9.67 Å². The first-order valence-electron chi connectivity index (χ1n) is 12.9. The average Bonchev–Trinajstić information content (AvgIpc) is 3.12. The number of nitrogens with two attached hydrogens (primary N) is 1. The van der Waals surface area contributed by atoms with E-state index in [-0.39, 0.29) is 17.6 Å². The Kier molecular flexibility index (Phi) is 6.22. The highest BCUT2D eigenvalue weighted by Gasteiger charge is 2.40. The molecule has 2 amide bonds. The summed E-state index contributed by atoms with van der Waals surface area (Å²) in [5.41, 5.74) is 11.4. The van der Waals surface area contributed by atoms with Crippen molar-refractivity contribution in [3.05, 3.63) is 75.8 Å². The Hall–Kier alpha value is -3.66. The van der Waals surface area contributed by atoms with E-state index in [2.05, 4.69) is 33.6 Å². The average molecular weight is 577 g/mol. The molecule has 3 N–H and O–H groups in total. The van der Waals surface area contributed by atoms with Crippen LogP contribution in [0.5, 0.6) is 5.75 Å². The van der Waals surface area contributed by atoms with E-state index < -0.39 is 6.04 Å². The number of rotatable bonds is 4. The highest BCUT2D eigenvalue weighted by Crippen LogP contribution is 2.41. The van der Waals surface area contributed by atoms with Crippen molar-refractivity contribution >= 4 is 33.4 Å². The third kappa shape index (κ3) is 4.07. The Morgan fingerprint density at radius 2 is 2.00 bits per heavy atom. The summed E-state index contributed by atoms with van der Waals surface area (Å²) in [7, 11) is 0. The summed E-state index contributed by atoms with van der Waals surface area (Å²) in [5.74, 6) is 0.296. The number of hydrogen-bond acceptors (Lipinski definition) is 6. The van der Waals surface area contributed by atoms with Crippen LogP contribution in [0, 0.1) is 0 Å². The van der Waals surface area contributed by atoms with Crippen LogP contribution in [-0.2, 0) is 17.6 Å². The van der Waals surface area contributed by atoms with Crippen molar-refractivity contribution < 1.29 is 14.7 Å². The summed E-state index contributed by atoms with van der Waals surface area (Å²) in [5, 5.41) is 15.9. The summed E-state index contributed by atoms with van der Waals surface area (Å²) < 4.78 is 2.39. The number of nitrogens with zero attached hydrogens (tertiary/aromatic N) is 5. The van der Waals surface area contributed by atoms with E-state index in [1.54, 1.807) is 15.9 Å². The number of benzene rings is 1. The van der Waals surface area contributed by atoms with Crippen molar-refractivity contribution in [1.82, 2.24) is 24.6 Å². The maximum Gasteiger partial charge on any atom is 0.258 e. The normalized spacial score (nSPS) is 18.9. The molecule has 3 aliphatic rings. The van der Waals surface area contributed by atoms with Gasteiger partial charge in [0.1, 0.15) is 16.0 Å². The molecule has 0 saturated heterocycles. The number of pyridine rings is 1. The van der Waals surface area contributed by atoms with Gasteiger partial charge in [0.15, 0.2) is 0 Å². The fourth-order valence-corrected chi connectivity index (χ4v) is 6.21. The highest BCUT2D eigenvalue weighted by atomic mass is 79.9. The van der Waals surface area contributed by atoms with Crippen LogP contribution < -0.4 is 5.73 Å². The first-order valence-corrected chi connectivity index (χ1v) is 13.7. The van der Waals surface area contributed by atoms with Crippen LogP contribution in [0.25, 0.3) is 5.69 Å². The molecule has 1 saturated carbocycles. The summed E-state index contributed by atoms with van der Waals surface area (Å²) in [6.07, 6.45) is 7.41. The number of anilines is 1. The first-order chi connectivity index (χ1) is 18.4. The van der Waals surface area contributed by atoms with Gasteiger partial charge in [-0.15, -0.1) is 0 Å². The smallest absolute Gasteiger partial charge is 0.258 e. The Morgan fingerprint density at radius 1 is 1.18 bits per heavy atom. The lowest BCUT2D eigenvalue weighted by Gasteiger charge is -2.38. The molecule has 0 bridgehead atoms. The van der Waals surface area contributed by atoms with E-state index in [0.29, 0.717) is 59.9 Å². The molecule has 2 aliphatic heterocycles. The second kappa shape index (κ2) is 9.58. The van der Waals surface area contributed by atoms with E-state index in [1.165, 1.54) is 18.7 Å². The molecule has 2 aromatic heterocycles. The van der Waals surface area contributed by atoms with Crippen molar-refractivity contribution in [2.45, 2.75) is 44.1 Å². The summed E-state index contributed by atoms with van der Waals surface area (Å²) >= 11 is 3.30. The number of carbonyl (C=O) groups excluding carboxylic acids is 2. The van der Waals surface area contributed by atoms with Crippen molar-refractivity contribution in [2.24, 2.45) is 0 Å². The molecule has 9 nitrogen and oxygen atoms in total. The Morgan fingerprint density at radius 3 is 2.68 bits per heavy atom. The monoisotopic (exact) mass is 576 g/mol. The van der Waals surface area contributed by atoms with Gasteiger partial charge in [-0.1, -0.05) is 19.1 Å². The van der Waals surface area contributed by atoms with Crippen LogP contribution in [0.2, 0.25) is 0 Å². The van der Waals surface area contributed by atoms with Gasteiger partial charge >= 0.3 is 0 Å². The van der Waals surface area contributed by atoms with Gasteiger partial charge in [0.05, 0.1) is 23.0 Å². The van der Waals surface area contributed by atoms with Crippen molar-refractivity contribution in [3.8, 4) is 11.4 Å². The third-order valence-corrected chi connectivity index (χ3v) is 8.53. The molecule has 0 unspecified atom stereocenters. The zero-order chi connectivity index (χ0) is 26.6.